The molecule has 0 aromatic carbocycles. The van der Waals surface area contributed by atoms with Crippen LogP contribution in [-0.2, 0) is 65.4 Å². The van der Waals surface area contributed by atoms with Crippen LogP contribution in [0.4, 0.5) is 0 Å². The molecule has 0 bridgehead atoms. The average molecular weight is 1370 g/mol. The lowest BCUT2D eigenvalue weighted by atomic mass is 10.00. The van der Waals surface area contributed by atoms with E-state index >= 15 is 0 Å². The summed E-state index contributed by atoms with van der Waals surface area (Å²) < 4.78 is 68.5. The zero-order valence-corrected chi connectivity index (χ0v) is 62.7. The molecule has 3 N–H and O–H groups in total. The van der Waals surface area contributed by atoms with Crippen LogP contribution >= 0.6 is 15.6 Å². The molecule has 6 atom stereocenters. The number of aliphatic hydroxyl groups is 1. The molecule has 0 aliphatic carbocycles. The molecule has 17 nitrogen and oxygen atoms in total. The van der Waals surface area contributed by atoms with Crippen molar-refractivity contribution in [1.29, 1.82) is 0 Å². The lowest BCUT2D eigenvalue weighted by Gasteiger charge is -2.21. The maximum atomic E-state index is 13.1. The largest absolute Gasteiger partial charge is 0.472 e. The first kappa shape index (κ1) is 91.1. The van der Waals surface area contributed by atoms with Crippen LogP contribution in [-0.4, -0.2) is 96.7 Å². The molecule has 0 amide bonds. The van der Waals surface area contributed by atoms with Crippen molar-refractivity contribution >= 4 is 39.5 Å². The van der Waals surface area contributed by atoms with E-state index in [0.717, 1.165) is 120 Å². The fourth-order valence-corrected chi connectivity index (χ4v) is 12.7. The van der Waals surface area contributed by atoms with E-state index in [1.807, 2.05) is 0 Å². The summed E-state index contributed by atoms with van der Waals surface area (Å²) >= 11 is 0. The second-order valence-corrected chi connectivity index (χ2v) is 31.3. The Morgan fingerprint density at radius 1 is 0.301 bits per heavy atom. The molecule has 0 heterocycles. The first-order chi connectivity index (χ1) is 44.6. The third kappa shape index (κ3) is 67.0. The summed E-state index contributed by atoms with van der Waals surface area (Å²) in [4.78, 5) is 72.7. The number of hydrogen-bond acceptors (Lipinski definition) is 15. The Labute approximate surface area is 568 Å². The van der Waals surface area contributed by atoms with Gasteiger partial charge in [-0.3, -0.25) is 37.3 Å². The van der Waals surface area contributed by atoms with Crippen LogP contribution in [0.15, 0.2) is 0 Å². The van der Waals surface area contributed by atoms with Gasteiger partial charge in [0.1, 0.15) is 19.3 Å². The Morgan fingerprint density at radius 3 is 0.763 bits per heavy atom. The van der Waals surface area contributed by atoms with Crippen molar-refractivity contribution in [2.24, 2.45) is 23.7 Å². The average Bonchev–Trinajstić information content (AvgIpc) is 2.78. The van der Waals surface area contributed by atoms with Crippen LogP contribution < -0.4 is 0 Å². The number of carbonyl (C=O) groups excluding carboxylic acids is 4. The van der Waals surface area contributed by atoms with Gasteiger partial charge in [0, 0.05) is 25.7 Å². The number of esters is 4. The van der Waals surface area contributed by atoms with Crippen molar-refractivity contribution in [1.82, 2.24) is 0 Å². The molecule has 0 aromatic rings. The van der Waals surface area contributed by atoms with E-state index in [2.05, 4.69) is 55.4 Å². The number of rotatable bonds is 71. The zero-order chi connectivity index (χ0) is 68.9. The molecular weight excluding hydrogens is 1220 g/mol. The number of aliphatic hydroxyl groups excluding tert-OH is 1. The predicted octanol–water partition coefficient (Wildman–Crippen LogP) is 21.3. The second-order valence-electron chi connectivity index (χ2n) is 28.4. The number of phosphoric acid groups is 2. The molecule has 0 aromatic heterocycles. The van der Waals surface area contributed by atoms with Gasteiger partial charge in [-0.25, -0.2) is 9.13 Å². The van der Waals surface area contributed by atoms with Gasteiger partial charge >= 0.3 is 39.5 Å². The van der Waals surface area contributed by atoms with E-state index < -0.39 is 97.5 Å². The van der Waals surface area contributed by atoms with E-state index in [-0.39, 0.29) is 25.7 Å². The highest BCUT2D eigenvalue weighted by Gasteiger charge is 2.30. The highest BCUT2D eigenvalue weighted by atomic mass is 31.2. The van der Waals surface area contributed by atoms with Crippen LogP contribution in [0, 0.1) is 23.7 Å². The van der Waals surface area contributed by atoms with Gasteiger partial charge in [0.2, 0.25) is 0 Å². The summed E-state index contributed by atoms with van der Waals surface area (Å²) in [5.41, 5.74) is 0. The molecular formula is C74H144O17P2. The molecule has 0 saturated carbocycles. The molecule has 0 fully saturated rings. The zero-order valence-electron chi connectivity index (χ0n) is 60.9. The normalized spacial score (nSPS) is 14.5. The Kier molecular flexibility index (Phi) is 62.2. The number of phosphoric ester groups is 2. The SMILES string of the molecule is CCC(C)CCCCCCCCC(=O)OC[C@H](COP(=O)(O)OC[C@H](O)COP(=O)(O)OC[C@@H](COC(=O)CCCCCCCCCCCCC(C)C)OC(=O)CCCCCCCCCCCCCCC(C)C)OC(=O)CCCCCCCCCCCCCCC(C)C. The third-order valence-electron chi connectivity index (χ3n) is 17.4. The lowest BCUT2D eigenvalue weighted by Crippen LogP contribution is -2.30. The summed E-state index contributed by atoms with van der Waals surface area (Å²) in [6.07, 6.45) is 47.1. The maximum Gasteiger partial charge on any atom is 0.472 e. The molecule has 0 aliphatic heterocycles. The summed E-state index contributed by atoms with van der Waals surface area (Å²) in [7, 11) is -9.91. The second kappa shape index (κ2) is 63.5. The molecule has 0 aliphatic rings. The molecule has 0 spiro atoms. The minimum atomic E-state index is -4.96. The first-order valence-electron chi connectivity index (χ1n) is 38.2. The summed E-state index contributed by atoms with van der Waals surface area (Å²) in [6.45, 7) is 14.2. The van der Waals surface area contributed by atoms with E-state index in [1.54, 1.807) is 0 Å². The lowest BCUT2D eigenvalue weighted by molar-refractivity contribution is -0.161. The summed E-state index contributed by atoms with van der Waals surface area (Å²) in [5, 5.41) is 10.6. The van der Waals surface area contributed by atoms with E-state index in [9.17, 15) is 43.2 Å². The predicted molar refractivity (Wildman–Crippen MR) is 377 cm³/mol. The van der Waals surface area contributed by atoms with E-state index in [4.69, 9.17) is 37.0 Å². The monoisotopic (exact) mass is 1370 g/mol. The van der Waals surface area contributed by atoms with Crippen molar-refractivity contribution in [2.45, 2.75) is 388 Å². The fourth-order valence-electron chi connectivity index (χ4n) is 11.2. The molecule has 0 radical (unpaired) electrons. The molecule has 19 heteroatoms. The number of carbonyl (C=O) groups is 4. The van der Waals surface area contributed by atoms with Gasteiger partial charge in [0.25, 0.3) is 0 Å². The highest BCUT2D eigenvalue weighted by Crippen LogP contribution is 2.45. The van der Waals surface area contributed by atoms with Crippen molar-refractivity contribution in [3.8, 4) is 0 Å². The van der Waals surface area contributed by atoms with Gasteiger partial charge in [0.15, 0.2) is 12.2 Å². The minimum absolute atomic E-state index is 0.105. The topological polar surface area (TPSA) is 237 Å². The van der Waals surface area contributed by atoms with Crippen molar-refractivity contribution < 1.29 is 80.2 Å². The van der Waals surface area contributed by atoms with Crippen LogP contribution in [0.2, 0.25) is 0 Å². The van der Waals surface area contributed by atoms with Crippen molar-refractivity contribution in [2.75, 3.05) is 39.6 Å². The van der Waals surface area contributed by atoms with Crippen LogP contribution in [0.5, 0.6) is 0 Å². The van der Waals surface area contributed by atoms with Crippen molar-refractivity contribution in [3.05, 3.63) is 0 Å². The summed E-state index contributed by atoms with van der Waals surface area (Å²) in [6, 6.07) is 0. The fraction of sp³-hybridized carbons (Fsp3) is 0.946. The molecule has 0 rings (SSSR count). The smallest absolute Gasteiger partial charge is 0.462 e. The Morgan fingerprint density at radius 2 is 0.516 bits per heavy atom. The molecule has 552 valence electrons. The van der Waals surface area contributed by atoms with E-state index in [1.165, 1.54) is 167 Å². The van der Waals surface area contributed by atoms with Gasteiger partial charge in [-0.05, 0) is 49.4 Å². The van der Waals surface area contributed by atoms with Crippen LogP contribution in [0.1, 0.15) is 370 Å². The van der Waals surface area contributed by atoms with Crippen LogP contribution in [0.25, 0.3) is 0 Å². The number of hydrogen-bond donors (Lipinski definition) is 3. The summed E-state index contributed by atoms with van der Waals surface area (Å²) in [5.74, 6) is 0.919. The standard InChI is InChI=1S/C74H144O17P2/c1-9-67(8)53-45-37-32-33-39-47-55-72(77)85-61-70(91-74(79)57-49-41-31-25-17-13-11-15-21-27-35-43-51-65(4)5)63-89-93(82,83)87-59-68(75)58-86-92(80,81)88-62-69(60-84-71(76)54-46-38-29-23-19-18-22-28-36-44-52-66(6)7)90-73(78)56-48-40-30-24-16-12-10-14-20-26-34-42-50-64(2)3/h64-70,75H,9-63H2,1-8H3,(H,80,81)(H,82,83)/t67?,68-,69-,70-/m1/s1. The van der Waals surface area contributed by atoms with Gasteiger partial charge in [-0.1, -0.05) is 319 Å². The molecule has 93 heavy (non-hydrogen) atoms. The van der Waals surface area contributed by atoms with Gasteiger partial charge in [-0.2, -0.15) is 0 Å². The highest BCUT2D eigenvalue weighted by molar-refractivity contribution is 7.47. The Hall–Kier alpha value is -1.94. The van der Waals surface area contributed by atoms with Gasteiger partial charge in [0.05, 0.1) is 26.4 Å². The molecule has 0 saturated heterocycles. The first-order valence-corrected chi connectivity index (χ1v) is 41.2. The third-order valence-corrected chi connectivity index (χ3v) is 19.3. The van der Waals surface area contributed by atoms with Gasteiger partial charge < -0.3 is 33.8 Å². The van der Waals surface area contributed by atoms with E-state index in [0.29, 0.717) is 25.7 Å². The Bertz CT molecular complexity index is 1840. The van der Waals surface area contributed by atoms with Gasteiger partial charge in [-0.15, -0.1) is 0 Å². The van der Waals surface area contributed by atoms with Crippen molar-refractivity contribution in [3.63, 3.8) is 0 Å². The minimum Gasteiger partial charge on any atom is -0.462 e. The molecule has 3 unspecified atom stereocenters. The quantitative estimate of drug-likeness (QED) is 0.0222. The number of ether oxygens (including phenoxy) is 4. The Balaban J connectivity index is 5.26. The maximum absolute atomic E-state index is 13.1. The number of unbranched alkanes of at least 4 members (excludes halogenated alkanes) is 36. The van der Waals surface area contributed by atoms with Crippen LogP contribution in [0.3, 0.4) is 0 Å².